The molecule has 5 heteroatoms. The smallest absolute Gasteiger partial charge is 0.0945 e. The molecule has 0 spiro atoms. The van der Waals surface area contributed by atoms with Crippen molar-refractivity contribution in [3.8, 4) is 0 Å². The Morgan fingerprint density at radius 2 is 1.05 bits per heavy atom. The second kappa shape index (κ2) is 14.5. The Bertz CT molecular complexity index is 307. The van der Waals surface area contributed by atoms with Gasteiger partial charge in [0.2, 0.25) is 0 Å². The number of quaternary nitrogens is 1. The largest absolute Gasteiger partial charge is 0.748 e. The highest BCUT2D eigenvalue weighted by Gasteiger charge is 2.18. The lowest BCUT2D eigenvalue weighted by atomic mass is 10.2. The molecule has 0 aromatic carbocycles. The van der Waals surface area contributed by atoms with Gasteiger partial charge in [-0.05, 0) is 25.7 Å². The number of unbranched alkanes of at least 4 members (excludes halogenated alkanes) is 4. The Labute approximate surface area is 139 Å². The first-order valence-electron chi connectivity index (χ1n) is 9.01. The standard InChI is InChI=1S/C13H30N.C4H10O3S/c1-5-8-11-14(4,12-9-6-2)13-10-7-3;1-2-3-4-8(5,6)7/h5-13H2,1-4H3;2-4H2,1H3,(H,5,6,7)/q+1;/p-1. The minimum Gasteiger partial charge on any atom is -0.748 e. The lowest BCUT2D eigenvalue weighted by molar-refractivity contribution is -0.910. The summed E-state index contributed by atoms with van der Waals surface area (Å²) in [4.78, 5) is 0. The molecule has 4 nitrogen and oxygen atoms in total. The van der Waals surface area contributed by atoms with Crippen LogP contribution >= 0.6 is 0 Å². The van der Waals surface area contributed by atoms with Crippen LogP contribution in [0.25, 0.3) is 0 Å². The summed E-state index contributed by atoms with van der Waals surface area (Å²) in [5.74, 6) is -0.219. The van der Waals surface area contributed by atoms with E-state index < -0.39 is 10.1 Å². The van der Waals surface area contributed by atoms with Crippen molar-refractivity contribution >= 4 is 10.1 Å². The van der Waals surface area contributed by atoms with Crippen molar-refractivity contribution in [3.05, 3.63) is 0 Å². The van der Waals surface area contributed by atoms with Gasteiger partial charge in [-0.1, -0.05) is 53.4 Å². The summed E-state index contributed by atoms with van der Waals surface area (Å²) in [6.45, 7) is 12.9. The average Bonchev–Trinajstić information content (AvgIpc) is 2.47. The summed E-state index contributed by atoms with van der Waals surface area (Å²) in [7, 11) is -1.49. The van der Waals surface area contributed by atoms with Crippen molar-refractivity contribution in [1.82, 2.24) is 0 Å². The summed E-state index contributed by atoms with van der Waals surface area (Å²) in [6, 6.07) is 0. The van der Waals surface area contributed by atoms with Gasteiger partial charge >= 0.3 is 0 Å². The predicted octanol–water partition coefficient (Wildman–Crippen LogP) is 4.17. The maximum absolute atomic E-state index is 9.83. The molecule has 0 bridgehead atoms. The highest BCUT2D eigenvalue weighted by Crippen LogP contribution is 2.10. The molecule has 0 fully saturated rings. The first kappa shape index (κ1) is 24.1. The number of nitrogens with zero attached hydrogens (tertiary/aromatic N) is 1. The molecule has 0 aliphatic carbocycles. The summed E-state index contributed by atoms with van der Waals surface area (Å²) in [5.41, 5.74) is 0. The van der Waals surface area contributed by atoms with Gasteiger partial charge in [0, 0.05) is 5.75 Å². The van der Waals surface area contributed by atoms with Crippen molar-refractivity contribution < 1.29 is 17.5 Å². The fourth-order valence-electron chi connectivity index (χ4n) is 2.28. The van der Waals surface area contributed by atoms with E-state index in [0.717, 1.165) is 6.42 Å². The normalized spacial score (nSPS) is 11.9. The fraction of sp³-hybridized carbons (Fsp3) is 1.00. The molecule has 0 atom stereocenters. The van der Waals surface area contributed by atoms with E-state index in [1.165, 1.54) is 62.6 Å². The molecule has 0 radical (unpaired) electrons. The SMILES string of the molecule is CCCCS(=O)(=O)[O-].CCCC[N+](C)(CCCC)CCCC. The van der Waals surface area contributed by atoms with Crippen LogP contribution in [0.4, 0.5) is 0 Å². The van der Waals surface area contributed by atoms with Crippen molar-refractivity contribution in [3.63, 3.8) is 0 Å². The Hall–Kier alpha value is -0.130. The molecular formula is C17H39NO3S. The van der Waals surface area contributed by atoms with E-state index in [-0.39, 0.29) is 5.75 Å². The van der Waals surface area contributed by atoms with Crippen molar-refractivity contribution in [2.45, 2.75) is 79.1 Å². The molecular weight excluding hydrogens is 298 g/mol. The van der Waals surface area contributed by atoms with Crippen LogP contribution in [-0.4, -0.2) is 49.9 Å². The molecule has 0 saturated heterocycles. The van der Waals surface area contributed by atoms with E-state index >= 15 is 0 Å². The summed E-state index contributed by atoms with van der Waals surface area (Å²) in [6.07, 6.45) is 9.43. The van der Waals surface area contributed by atoms with Crippen LogP contribution in [0.15, 0.2) is 0 Å². The monoisotopic (exact) mass is 337 g/mol. The van der Waals surface area contributed by atoms with Gasteiger partial charge in [0.05, 0.1) is 36.8 Å². The van der Waals surface area contributed by atoms with E-state index in [1.54, 1.807) is 0 Å². The molecule has 0 saturated carbocycles. The van der Waals surface area contributed by atoms with Crippen LogP contribution in [-0.2, 0) is 10.1 Å². The number of hydrogen-bond acceptors (Lipinski definition) is 3. The van der Waals surface area contributed by atoms with Gasteiger partial charge in [-0.15, -0.1) is 0 Å². The summed E-state index contributed by atoms with van der Waals surface area (Å²) in [5, 5.41) is 0. The van der Waals surface area contributed by atoms with E-state index in [4.69, 9.17) is 0 Å². The van der Waals surface area contributed by atoms with Gasteiger partial charge in [0.1, 0.15) is 0 Å². The molecule has 22 heavy (non-hydrogen) atoms. The molecule has 0 aromatic heterocycles. The van der Waals surface area contributed by atoms with E-state index in [9.17, 15) is 13.0 Å². The van der Waals surface area contributed by atoms with Gasteiger partial charge in [0.25, 0.3) is 0 Å². The average molecular weight is 338 g/mol. The Balaban J connectivity index is 0. The maximum Gasteiger partial charge on any atom is 0.0945 e. The maximum atomic E-state index is 9.83. The minimum absolute atomic E-state index is 0.219. The third-order valence-electron chi connectivity index (χ3n) is 3.90. The van der Waals surface area contributed by atoms with Crippen LogP contribution in [0.2, 0.25) is 0 Å². The molecule has 0 N–H and O–H groups in total. The zero-order chi connectivity index (χ0) is 17.5. The van der Waals surface area contributed by atoms with Crippen LogP contribution in [0, 0.1) is 0 Å². The van der Waals surface area contributed by atoms with E-state index in [2.05, 4.69) is 27.8 Å². The van der Waals surface area contributed by atoms with Gasteiger partial charge in [-0.25, -0.2) is 8.42 Å². The van der Waals surface area contributed by atoms with Crippen molar-refractivity contribution in [2.24, 2.45) is 0 Å². The summed E-state index contributed by atoms with van der Waals surface area (Å²) >= 11 is 0. The highest BCUT2D eigenvalue weighted by molar-refractivity contribution is 7.85. The van der Waals surface area contributed by atoms with Gasteiger partial charge in [0.15, 0.2) is 0 Å². The Kier molecular flexibility index (Phi) is 15.9. The Morgan fingerprint density at radius 3 is 1.23 bits per heavy atom. The molecule has 0 aliphatic heterocycles. The predicted molar refractivity (Wildman–Crippen MR) is 95.0 cm³/mol. The third kappa shape index (κ3) is 17.9. The first-order valence-corrected chi connectivity index (χ1v) is 10.6. The molecule has 0 aliphatic rings. The molecule has 0 amide bonds. The lowest BCUT2D eigenvalue weighted by Gasteiger charge is -2.34. The molecule has 0 rings (SSSR count). The quantitative estimate of drug-likeness (QED) is 0.397. The Morgan fingerprint density at radius 1 is 0.727 bits per heavy atom. The minimum atomic E-state index is -3.94. The number of hydrogen-bond donors (Lipinski definition) is 0. The van der Waals surface area contributed by atoms with E-state index in [1.807, 2.05) is 6.92 Å². The van der Waals surface area contributed by atoms with Crippen LogP contribution in [0.3, 0.4) is 0 Å². The molecule has 0 heterocycles. The van der Waals surface area contributed by atoms with Crippen molar-refractivity contribution in [1.29, 1.82) is 0 Å². The molecule has 0 unspecified atom stereocenters. The van der Waals surface area contributed by atoms with Crippen LogP contribution < -0.4 is 0 Å². The zero-order valence-corrected chi connectivity index (χ0v) is 16.4. The first-order chi connectivity index (χ1) is 10.2. The lowest BCUT2D eigenvalue weighted by Crippen LogP contribution is -2.46. The second-order valence-electron chi connectivity index (χ2n) is 6.47. The van der Waals surface area contributed by atoms with Crippen LogP contribution in [0.1, 0.15) is 79.1 Å². The summed E-state index contributed by atoms with van der Waals surface area (Å²) < 4.78 is 30.8. The van der Waals surface area contributed by atoms with E-state index in [0.29, 0.717) is 6.42 Å². The van der Waals surface area contributed by atoms with Crippen LogP contribution in [0.5, 0.6) is 0 Å². The second-order valence-corrected chi connectivity index (χ2v) is 7.99. The van der Waals surface area contributed by atoms with Gasteiger partial charge in [-0.3, -0.25) is 0 Å². The highest BCUT2D eigenvalue weighted by atomic mass is 32.2. The fourth-order valence-corrected chi connectivity index (χ4v) is 2.92. The molecule has 0 aromatic rings. The zero-order valence-electron chi connectivity index (χ0n) is 15.6. The van der Waals surface area contributed by atoms with Crippen molar-refractivity contribution in [2.75, 3.05) is 32.4 Å². The van der Waals surface area contributed by atoms with Gasteiger partial charge < -0.3 is 9.04 Å². The third-order valence-corrected chi connectivity index (χ3v) is 4.69. The topological polar surface area (TPSA) is 57.2 Å². The molecule has 136 valence electrons. The number of rotatable bonds is 12. The van der Waals surface area contributed by atoms with Gasteiger partial charge in [-0.2, -0.15) is 0 Å².